The molecule has 4 heteroatoms. The van der Waals surface area contributed by atoms with Gasteiger partial charge in [0.2, 0.25) is 0 Å². The van der Waals surface area contributed by atoms with Crippen LogP contribution in [0, 0.1) is 0 Å². The zero-order valence-corrected chi connectivity index (χ0v) is 14.7. The minimum atomic E-state index is 0.221. The Morgan fingerprint density at radius 2 is 0.909 bits per heavy atom. The lowest BCUT2D eigenvalue weighted by molar-refractivity contribution is -0.249. The summed E-state index contributed by atoms with van der Waals surface area (Å²) in [4.78, 5) is 3.90. The Bertz CT molecular complexity index is 168. The highest BCUT2D eigenvalue weighted by Crippen LogP contribution is 2.11. The van der Waals surface area contributed by atoms with Crippen LogP contribution >= 0.6 is 0 Å². The molecule has 0 atom stereocenters. The largest absolute Gasteiger partial charge is 0.379 e. The third kappa shape index (κ3) is 19.8. The fourth-order valence-corrected chi connectivity index (χ4v) is 2.46. The van der Waals surface area contributed by atoms with Gasteiger partial charge in [0.25, 0.3) is 0 Å². The van der Waals surface area contributed by atoms with Gasteiger partial charge in [-0.1, -0.05) is 77.6 Å². The van der Waals surface area contributed by atoms with Gasteiger partial charge in [-0.3, -0.25) is 5.26 Å². The quantitative estimate of drug-likeness (QED) is 0.202. The molecular formula is C18H38O4. The van der Waals surface area contributed by atoms with E-state index in [0.717, 1.165) is 13.0 Å². The topological polar surface area (TPSA) is 47.9 Å². The lowest BCUT2D eigenvalue weighted by Gasteiger charge is -2.05. The van der Waals surface area contributed by atoms with Gasteiger partial charge in [-0.25, -0.2) is 4.89 Å². The van der Waals surface area contributed by atoms with E-state index in [4.69, 9.17) is 14.7 Å². The second-order valence-electron chi connectivity index (χ2n) is 5.95. The predicted octanol–water partition coefficient (Wildman–Crippen LogP) is 5.21. The van der Waals surface area contributed by atoms with E-state index in [0.29, 0.717) is 19.8 Å². The second-order valence-corrected chi connectivity index (χ2v) is 5.95. The fraction of sp³-hybridized carbons (Fsp3) is 1.00. The number of hydrogen-bond acceptors (Lipinski definition) is 4. The number of unbranched alkanes of at least 4 members (excludes halogenated alkanes) is 11. The van der Waals surface area contributed by atoms with Crippen LogP contribution in [0.3, 0.4) is 0 Å². The fourth-order valence-electron chi connectivity index (χ4n) is 2.46. The summed E-state index contributed by atoms with van der Waals surface area (Å²) in [6.07, 6.45) is 16.4. The van der Waals surface area contributed by atoms with E-state index in [1.807, 2.05) is 0 Å². The molecule has 0 aliphatic rings. The molecule has 0 radical (unpaired) electrons. The van der Waals surface area contributed by atoms with Crippen molar-refractivity contribution in [1.82, 2.24) is 0 Å². The summed E-state index contributed by atoms with van der Waals surface area (Å²) in [6, 6.07) is 0. The van der Waals surface area contributed by atoms with Crippen LogP contribution in [-0.2, 0) is 14.4 Å². The molecule has 22 heavy (non-hydrogen) atoms. The lowest BCUT2D eigenvalue weighted by Crippen LogP contribution is -2.08. The van der Waals surface area contributed by atoms with Crippen molar-refractivity contribution in [2.75, 3.05) is 33.0 Å². The van der Waals surface area contributed by atoms with Crippen molar-refractivity contribution in [3.8, 4) is 0 Å². The van der Waals surface area contributed by atoms with Crippen LogP contribution in [0.5, 0.6) is 0 Å². The normalized spacial score (nSPS) is 11.2. The summed E-state index contributed by atoms with van der Waals surface area (Å²) >= 11 is 0. The average Bonchev–Trinajstić information content (AvgIpc) is 2.54. The molecule has 0 aromatic rings. The Kier molecular flexibility index (Phi) is 20.7. The first kappa shape index (κ1) is 21.8. The van der Waals surface area contributed by atoms with Crippen LogP contribution < -0.4 is 0 Å². The molecule has 0 rings (SSSR count). The lowest BCUT2D eigenvalue weighted by atomic mass is 10.1. The van der Waals surface area contributed by atoms with E-state index >= 15 is 0 Å². The summed E-state index contributed by atoms with van der Waals surface area (Å²) in [7, 11) is 0. The third-order valence-corrected chi connectivity index (χ3v) is 3.83. The van der Waals surface area contributed by atoms with Crippen LogP contribution in [0.15, 0.2) is 0 Å². The summed E-state index contributed by atoms with van der Waals surface area (Å²) in [5.74, 6) is 0. The van der Waals surface area contributed by atoms with Crippen LogP contribution in [0.4, 0.5) is 0 Å². The van der Waals surface area contributed by atoms with Gasteiger partial charge in [0, 0.05) is 6.61 Å². The first-order valence-electron chi connectivity index (χ1n) is 9.33. The molecule has 0 heterocycles. The standard InChI is InChI=1S/C18H38O4/c1-2-3-4-5-6-7-8-9-10-11-12-13-14-20-15-16-21-17-18-22-19/h19H,2-18H2,1H3. The van der Waals surface area contributed by atoms with E-state index < -0.39 is 0 Å². The Balaban J connectivity index is 2.91. The molecule has 0 aromatic carbocycles. The maximum atomic E-state index is 8.09. The monoisotopic (exact) mass is 318 g/mol. The maximum absolute atomic E-state index is 8.09. The predicted molar refractivity (Wildman–Crippen MR) is 91.3 cm³/mol. The molecule has 0 fully saturated rings. The second kappa shape index (κ2) is 20.8. The van der Waals surface area contributed by atoms with Crippen LogP contribution in [0.2, 0.25) is 0 Å². The average molecular weight is 318 g/mol. The molecule has 0 aliphatic heterocycles. The Morgan fingerprint density at radius 3 is 1.41 bits per heavy atom. The van der Waals surface area contributed by atoms with Crippen molar-refractivity contribution in [2.45, 2.75) is 84.0 Å². The molecule has 4 nitrogen and oxygen atoms in total. The van der Waals surface area contributed by atoms with Gasteiger partial charge in [-0.15, -0.1) is 0 Å². The zero-order valence-electron chi connectivity index (χ0n) is 14.7. The first-order chi connectivity index (χ1) is 10.9. The first-order valence-corrected chi connectivity index (χ1v) is 9.33. The number of ether oxygens (including phenoxy) is 2. The van der Waals surface area contributed by atoms with Crippen molar-refractivity contribution in [1.29, 1.82) is 0 Å². The van der Waals surface area contributed by atoms with E-state index in [2.05, 4.69) is 11.8 Å². The third-order valence-electron chi connectivity index (χ3n) is 3.83. The minimum absolute atomic E-state index is 0.221. The van der Waals surface area contributed by atoms with Gasteiger partial charge in [0.1, 0.15) is 6.61 Å². The minimum Gasteiger partial charge on any atom is -0.379 e. The molecule has 1 N–H and O–H groups in total. The zero-order chi connectivity index (χ0) is 16.1. The van der Waals surface area contributed by atoms with Gasteiger partial charge in [-0.05, 0) is 6.42 Å². The molecule has 0 saturated carbocycles. The molecule has 0 saturated heterocycles. The summed E-state index contributed by atoms with van der Waals surface area (Å²) in [5, 5.41) is 8.09. The van der Waals surface area contributed by atoms with Gasteiger partial charge >= 0.3 is 0 Å². The van der Waals surface area contributed by atoms with Crippen molar-refractivity contribution < 1.29 is 19.6 Å². The van der Waals surface area contributed by atoms with Crippen LogP contribution in [0.1, 0.15) is 84.0 Å². The molecule has 0 bridgehead atoms. The van der Waals surface area contributed by atoms with E-state index in [1.54, 1.807) is 0 Å². The van der Waals surface area contributed by atoms with Crippen molar-refractivity contribution in [3.63, 3.8) is 0 Å². The highest BCUT2D eigenvalue weighted by atomic mass is 17.1. The van der Waals surface area contributed by atoms with E-state index in [9.17, 15) is 0 Å². The van der Waals surface area contributed by atoms with Crippen molar-refractivity contribution in [2.24, 2.45) is 0 Å². The Labute approximate surface area is 137 Å². The van der Waals surface area contributed by atoms with Gasteiger partial charge in [-0.2, -0.15) is 0 Å². The van der Waals surface area contributed by atoms with Crippen molar-refractivity contribution >= 4 is 0 Å². The van der Waals surface area contributed by atoms with Gasteiger partial charge in [0.15, 0.2) is 0 Å². The summed E-state index contributed by atoms with van der Waals surface area (Å²) < 4.78 is 10.7. The molecule has 0 spiro atoms. The Hall–Kier alpha value is -0.160. The number of hydrogen-bond donors (Lipinski definition) is 1. The van der Waals surface area contributed by atoms with E-state index in [-0.39, 0.29) is 6.61 Å². The summed E-state index contributed by atoms with van der Waals surface area (Å²) in [5.41, 5.74) is 0. The molecule has 0 aliphatic carbocycles. The number of rotatable bonds is 19. The van der Waals surface area contributed by atoms with Crippen LogP contribution in [0.25, 0.3) is 0 Å². The van der Waals surface area contributed by atoms with Gasteiger partial charge < -0.3 is 9.47 Å². The van der Waals surface area contributed by atoms with Gasteiger partial charge in [0.05, 0.1) is 19.8 Å². The Morgan fingerprint density at radius 1 is 0.500 bits per heavy atom. The molecule has 0 aromatic heterocycles. The molecule has 0 amide bonds. The highest BCUT2D eigenvalue weighted by molar-refractivity contribution is 4.48. The van der Waals surface area contributed by atoms with Crippen LogP contribution in [-0.4, -0.2) is 38.3 Å². The van der Waals surface area contributed by atoms with Crippen molar-refractivity contribution in [3.05, 3.63) is 0 Å². The maximum Gasteiger partial charge on any atom is 0.105 e. The summed E-state index contributed by atoms with van der Waals surface area (Å²) in [6.45, 7) is 4.94. The molecular weight excluding hydrogens is 280 g/mol. The SMILES string of the molecule is CCCCCCCCCCCCCCOCCOCCOO. The highest BCUT2D eigenvalue weighted by Gasteiger charge is 1.94. The smallest absolute Gasteiger partial charge is 0.105 e. The molecule has 134 valence electrons. The molecule has 0 unspecified atom stereocenters. The van der Waals surface area contributed by atoms with E-state index in [1.165, 1.54) is 70.6 Å².